The summed E-state index contributed by atoms with van der Waals surface area (Å²) in [7, 11) is 0. The van der Waals surface area contributed by atoms with Crippen LogP contribution in [0.1, 0.15) is 15.9 Å². The molecule has 1 aliphatic rings. The van der Waals surface area contributed by atoms with Gasteiger partial charge in [-0.15, -0.1) is 11.8 Å². The average Bonchev–Trinajstić information content (AvgIpc) is 2.81. The molecule has 5 heteroatoms. The number of benzene rings is 2. The van der Waals surface area contributed by atoms with Crippen LogP contribution in [0.3, 0.4) is 0 Å². The van der Waals surface area contributed by atoms with Crippen LogP contribution in [0.5, 0.6) is 0 Å². The maximum Gasteiger partial charge on any atom is 0.259 e. The summed E-state index contributed by atoms with van der Waals surface area (Å²) in [5, 5.41) is 2.86. The lowest BCUT2D eigenvalue weighted by molar-refractivity contribution is -0.116. The number of rotatable bonds is 4. The van der Waals surface area contributed by atoms with Gasteiger partial charge in [-0.25, -0.2) is 0 Å². The van der Waals surface area contributed by atoms with Crippen molar-refractivity contribution in [2.75, 3.05) is 18.1 Å². The fourth-order valence-corrected chi connectivity index (χ4v) is 3.14. The van der Waals surface area contributed by atoms with Gasteiger partial charge in [0.25, 0.3) is 5.91 Å². The number of nitrogens with one attached hydrogen (secondary N) is 1. The molecular weight excluding hydrogens is 308 g/mol. The smallest absolute Gasteiger partial charge is 0.259 e. The van der Waals surface area contributed by atoms with Crippen LogP contribution in [0.4, 0.5) is 5.69 Å². The van der Waals surface area contributed by atoms with Crippen LogP contribution in [-0.4, -0.2) is 29.5 Å². The second-order valence-corrected chi connectivity index (χ2v) is 5.98. The van der Waals surface area contributed by atoms with Crippen LogP contribution in [0.2, 0.25) is 0 Å². The van der Waals surface area contributed by atoms with E-state index in [4.69, 9.17) is 0 Å². The Kier molecular flexibility index (Phi) is 4.21. The molecule has 116 valence electrons. The SMILES string of the molecule is C=C1c2ccccc2C(=O)N1CC(=O)Nc1ccccc1SC. The highest BCUT2D eigenvalue weighted by Gasteiger charge is 2.31. The second kappa shape index (κ2) is 6.30. The van der Waals surface area contributed by atoms with E-state index in [-0.39, 0.29) is 18.4 Å². The first kappa shape index (κ1) is 15.4. The topological polar surface area (TPSA) is 49.4 Å². The quantitative estimate of drug-likeness (QED) is 0.876. The van der Waals surface area contributed by atoms with Crippen molar-refractivity contribution in [3.05, 3.63) is 66.2 Å². The van der Waals surface area contributed by atoms with Crippen molar-refractivity contribution in [1.29, 1.82) is 0 Å². The van der Waals surface area contributed by atoms with E-state index in [2.05, 4.69) is 11.9 Å². The van der Waals surface area contributed by atoms with Gasteiger partial charge in [0.15, 0.2) is 0 Å². The molecule has 0 atom stereocenters. The highest BCUT2D eigenvalue weighted by atomic mass is 32.2. The zero-order valence-corrected chi connectivity index (χ0v) is 13.5. The Labute approximate surface area is 139 Å². The summed E-state index contributed by atoms with van der Waals surface area (Å²) in [5.74, 6) is -0.423. The molecule has 0 bridgehead atoms. The van der Waals surface area contributed by atoms with Crippen molar-refractivity contribution in [3.8, 4) is 0 Å². The summed E-state index contributed by atoms with van der Waals surface area (Å²) < 4.78 is 0. The van der Waals surface area contributed by atoms with E-state index in [1.165, 1.54) is 4.90 Å². The minimum Gasteiger partial charge on any atom is -0.324 e. The molecule has 2 aromatic carbocycles. The van der Waals surface area contributed by atoms with Gasteiger partial charge in [-0.2, -0.15) is 0 Å². The largest absolute Gasteiger partial charge is 0.324 e. The zero-order chi connectivity index (χ0) is 16.4. The molecule has 2 aromatic rings. The highest BCUT2D eigenvalue weighted by molar-refractivity contribution is 7.98. The molecule has 0 fully saturated rings. The standard InChI is InChI=1S/C18H16N2O2S/c1-12-13-7-3-4-8-14(13)18(22)20(12)11-17(21)19-15-9-5-6-10-16(15)23-2/h3-10H,1,11H2,2H3,(H,19,21). The van der Waals surface area contributed by atoms with Gasteiger partial charge in [0.2, 0.25) is 5.91 Å². The van der Waals surface area contributed by atoms with Gasteiger partial charge in [0.1, 0.15) is 6.54 Å². The van der Waals surface area contributed by atoms with Crippen molar-refractivity contribution in [2.45, 2.75) is 4.90 Å². The molecule has 23 heavy (non-hydrogen) atoms. The Bertz CT molecular complexity index is 766. The van der Waals surface area contributed by atoms with E-state index in [0.717, 1.165) is 16.1 Å². The Hall–Kier alpha value is -2.53. The van der Waals surface area contributed by atoms with Gasteiger partial charge >= 0.3 is 0 Å². The molecule has 1 N–H and O–H groups in total. The molecule has 2 amide bonds. The van der Waals surface area contributed by atoms with E-state index in [0.29, 0.717) is 11.3 Å². The summed E-state index contributed by atoms with van der Waals surface area (Å²) in [6.07, 6.45) is 1.95. The predicted molar refractivity (Wildman–Crippen MR) is 93.4 cm³/mol. The normalized spacial score (nSPS) is 13.2. The van der Waals surface area contributed by atoms with Crippen LogP contribution < -0.4 is 5.32 Å². The van der Waals surface area contributed by atoms with E-state index >= 15 is 0 Å². The molecule has 1 aliphatic heterocycles. The number of amides is 2. The van der Waals surface area contributed by atoms with Gasteiger partial charge in [0, 0.05) is 21.7 Å². The fourth-order valence-electron chi connectivity index (χ4n) is 2.58. The Morgan fingerprint density at radius 1 is 1.13 bits per heavy atom. The van der Waals surface area contributed by atoms with Crippen LogP contribution >= 0.6 is 11.8 Å². The van der Waals surface area contributed by atoms with Gasteiger partial charge in [-0.05, 0) is 24.5 Å². The Balaban J connectivity index is 1.74. The molecule has 0 saturated carbocycles. The van der Waals surface area contributed by atoms with Crippen LogP contribution in [0.25, 0.3) is 5.70 Å². The van der Waals surface area contributed by atoms with Crippen molar-refractivity contribution in [1.82, 2.24) is 4.90 Å². The number of carbonyl (C=O) groups is 2. The molecule has 0 saturated heterocycles. The van der Waals surface area contributed by atoms with Gasteiger partial charge in [-0.3, -0.25) is 14.5 Å². The lowest BCUT2D eigenvalue weighted by Gasteiger charge is -2.17. The number of fused-ring (bicyclic) bond motifs is 1. The van der Waals surface area contributed by atoms with Crippen molar-refractivity contribution in [3.63, 3.8) is 0 Å². The second-order valence-electron chi connectivity index (χ2n) is 5.13. The summed E-state index contributed by atoms with van der Waals surface area (Å²) in [4.78, 5) is 27.1. The van der Waals surface area contributed by atoms with Gasteiger partial charge in [-0.1, -0.05) is 36.9 Å². The summed E-state index contributed by atoms with van der Waals surface area (Å²) in [6, 6.07) is 14.8. The van der Waals surface area contributed by atoms with E-state index in [9.17, 15) is 9.59 Å². The molecular formula is C18H16N2O2S. The third kappa shape index (κ3) is 2.87. The van der Waals surface area contributed by atoms with Crippen LogP contribution in [0, 0.1) is 0 Å². The third-order valence-electron chi connectivity index (χ3n) is 3.72. The summed E-state index contributed by atoms with van der Waals surface area (Å²) in [6.45, 7) is 3.90. The van der Waals surface area contributed by atoms with Gasteiger partial charge < -0.3 is 5.32 Å². The lowest BCUT2D eigenvalue weighted by atomic mass is 10.1. The maximum atomic E-state index is 12.4. The van der Waals surface area contributed by atoms with Crippen molar-refractivity contribution in [2.24, 2.45) is 0 Å². The first-order chi connectivity index (χ1) is 11.1. The lowest BCUT2D eigenvalue weighted by Crippen LogP contribution is -2.32. The number of para-hydroxylation sites is 1. The molecule has 4 nitrogen and oxygen atoms in total. The third-order valence-corrected chi connectivity index (χ3v) is 4.52. The molecule has 0 radical (unpaired) electrons. The summed E-state index contributed by atoms with van der Waals surface area (Å²) >= 11 is 1.56. The van der Waals surface area contributed by atoms with E-state index in [1.54, 1.807) is 17.8 Å². The number of hydrogen-bond acceptors (Lipinski definition) is 3. The molecule has 1 heterocycles. The van der Waals surface area contributed by atoms with Gasteiger partial charge in [0.05, 0.1) is 5.69 Å². The fraction of sp³-hybridized carbons (Fsp3) is 0.111. The van der Waals surface area contributed by atoms with Crippen LogP contribution in [-0.2, 0) is 4.79 Å². The molecule has 0 spiro atoms. The van der Waals surface area contributed by atoms with Crippen LogP contribution in [0.15, 0.2) is 60.0 Å². The first-order valence-corrected chi connectivity index (χ1v) is 8.37. The number of nitrogens with zero attached hydrogens (tertiary/aromatic N) is 1. The zero-order valence-electron chi connectivity index (χ0n) is 12.7. The van der Waals surface area contributed by atoms with E-state index < -0.39 is 0 Å². The molecule has 0 unspecified atom stereocenters. The average molecular weight is 324 g/mol. The number of hydrogen-bond donors (Lipinski definition) is 1. The first-order valence-electron chi connectivity index (χ1n) is 7.15. The molecule has 3 rings (SSSR count). The monoisotopic (exact) mass is 324 g/mol. The Morgan fingerprint density at radius 3 is 2.48 bits per heavy atom. The molecule has 0 aliphatic carbocycles. The summed E-state index contributed by atoms with van der Waals surface area (Å²) in [5.41, 5.74) is 2.70. The number of anilines is 1. The van der Waals surface area contributed by atoms with Crippen molar-refractivity contribution < 1.29 is 9.59 Å². The minimum absolute atomic E-state index is 0.0466. The minimum atomic E-state index is -0.242. The predicted octanol–water partition coefficient (Wildman–Crippen LogP) is 3.47. The number of carbonyl (C=O) groups excluding carboxylic acids is 2. The number of thioether (sulfide) groups is 1. The van der Waals surface area contributed by atoms with Crippen molar-refractivity contribution >= 4 is 35.0 Å². The highest BCUT2D eigenvalue weighted by Crippen LogP contribution is 2.31. The van der Waals surface area contributed by atoms with E-state index in [1.807, 2.05) is 48.7 Å². The maximum absolute atomic E-state index is 12.4. The Morgan fingerprint density at radius 2 is 1.78 bits per heavy atom. The molecule has 0 aromatic heterocycles.